The largest absolute Gasteiger partial charge is 0.378 e. The third kappa shape index (κ3) is 3.70. The topological polar surface area (TPSA) is 58.6 Å². The fourth-order valence-electron chi connectivity index (χ4n) is 1.78. The van der Waals surface area contributed by atoms with Crippen molar-refractivity contribution in [3.05, 3.63) is 0 Å². The van der Waals surface area contributed by atoms with Crippen LogP contribution in [0.4, 0.5) is 0 Å². The average Bonchev–Trinajstić information content (AvgIpc) is 2.35. The second-order valence-corrected chi connectivity index (χ2v) is 5.63. The van der Waals surface area contributed by atoms with Gasteiger partial charge in [-0.05, 0) is 19.8 Å². The molecule has 1 fully saturated rings. The van der Waals surface area contributed by atoms with Crippen molar-refractivity contribution in [1.29, 1.82) is 0 Å². The Balaban J connectivity index is 2.59. The van der Waals surface area contributed by atoms with Gasteiger partial charge in [-0.15, -0.1) is 0 Å². The molecule has 5 nitrogen and oxygen atoms in total. The van der Waals surface area contributed by atoms with Gasteiger partial charge in [0.15, 0.2) is 0 Å². The van der Waals surface area contributed by atoms with E-state index in [0.29, 0.717) is 38.8 Å². The summed E-state index contributed by atoms with van der Waals surface area (Å²) in [6.45, 7) is 10.2. The SMILES string of the molecule is CC(C)CNC(=O)C(C)(C)C(=O)N1CCOCC1. The molecule has 0 aromatic rings. The lowest BCUT2D eigenvalue weighted by Crippen LogP contribution is -2.52. The average molecular weight is 256 g/mol. The molecule has 0 atom stereocenters. The number of morpholine rings is 1. The summed E-state index contributed by atoms with van der Waals surface area (Å²) in [5.74, 6) is 0.0583. The minimum atomic E-state index is -1.01. The lowest BCUT2D eigenvalue weighted by molar-refractivity contribution is -0.151. The number of amides is 2. The van der Waals surface area contributed by atoms with Crippen molar-refractivity contribution in [3.63, 3.8) is 0 Å². The number of nitrogens with zero attached hydrogens (tertiary/aromatic N) is 1. The minimum Gasteiger partial charge on any atom is -0.378 e. The van der Waals surface area contributed by atoms with Crippen LogP contribution in [0.15, 0.2) is 0 Å². The molecule has 0 saturated carbocycles. The van der Waals surface area contributed by atoms with E-state index in [4.69, 9.17) is 4.74 Å². The predicted molar refractivity (Wildman–Crippen MR) is 69.0 cm³/mol. The molecule has 1 saturated heterocycles. The van der Waals surface area contributed by atoms with Crippen LogP contribution < -0.4 is 5.32 Å². The van der Waals surface area contributed by atoms with Gasteiger partial charge in [0, 0.05) is 19.6 Å². The van der Waals surface area contributed by atoms with Crippen molar-refractivity contribution in [2.45, 2.75) is 27.7 Å². The van der Waals surface area contributed by atoms with Crippen LogP contribution in [0.2, 0.25) is 0 Å². The van der Waals surface area contributed by atoms with Gasteiger partial charge in [0.1, 0.15) is 5.41 Å². The number of hydrogen-bond acceptors (Lipinski definition) is 3. The van der Waals surface area contributed by atoms with Gasteiger partial charge in [0.2, 0.25) is 11.8 Å². The van der Waals surface area contributed by atoms with Crippen molar-refractivity contribution < 1.29 is 14.3 Å². The van der Waals surface area contributed by atoms with Gasteiger partial charge in [-0.2, -0.15) is 0 Å². The molecule has 1 aliphatic rings. The fourth-order valence-corrected chi connectivity index (χ4v) is 1.78. The van der Waals surface area contributed by atoms with E-state index in [-0.39, 0.29) is 11.8 Å². The van der Waals surface area contributed by atoms with Crippen LogP contribution in [0.3, 0.4) is 0 Å². The number of rotatable bonds is 4. The van der Waals surface area contributed by atoms with E-state index in [9.17, 15) is 9.59 Å². The van der Waals surface area contributed by atoms with E-state index in [1.54, 1.807) is 18.7 Å². The van der Waals surface area contributed by atoms with E-state index >= 15 is 0 Å². The number of carbonyl (C=O) groups excluding carboxylic acids is 2. The first kappa shape index (κ1) is 15.0. The molecule has 0 unspecified atom stereocenters. The molecule has 0 aromatic carbocycles. The summed E-state index contributed by atoms with van der Waals surface area (Å²) < 4.78 is 5.21. The molecule has 5 heteroatoms. The maximum absolute atomic E-state index is 12.3. The molecule has 1 heterocycles. The summed E-state index contributed by atoms with van der Waals surface area (Å²) in [4.78, 5) is 26.1. The monoisotopic (exact) mass is 256 g/mol. The fraction of sp³-hybridized carbons (Fsp3) is 0.846. The highest BCUT2D eigenvalue weighted by atomic mass is 16.5. The summed E-state index contributed by atoms with van der Waals surface area (Å²) in [6, 6.07) is 0. The second kappa shape index (κ2) is 6.18. The van der Waals surface area contributed by atoms with Gasteiger partial charge in [0.05, 0.1) is 13.2 Å². The summed E-state index contributed by atoms with van der Waals surface area (Å²) in [6.07, 6.45) is 0. The molecule has 0 aliphatic carbocycles. The van der Waals surface area contributed by atoms with Gasteiger partial charge < -0.3 is 15.0 Å². The van der Waals surface area contributed by atoms with Crippen LogP contribution in [0, 0.1) is 11.3 Å². The molecule has 0 bridgehead atoms. The normalized spacial score (nSPS) is 16.8. The zero-order valence-corrected chi connectivity index (χ0v) is 11.8. The van der Waals surface area contributed by atoms with Crippen LogP contribution in [-0.2, 0) is 14.3 Å². The first-order valence-corrected chi connectivity index (χ1v) is 6.51. The second-order valence-electron chi connectivity index (χ2n) is 5.63. The third-order valence-corrected chi connectivity index (χ3v) is 3.07. The molecule has 0 radical (unpaired) electrons. The Bertz CT molecular complexity index is 307. The molecule has 0 aromatic heterocycles. The molecular weight excluding hydrogens is 232 g/mol. The number of nitrogens with one attached hydrogen (secondary N) is 1. The molecule has 18 heavy (non-hydrogen) atoms. The summed E-state index contributed by atoms with van der Waals surface area (Å²) in [7, 11) is 0. The highest BCUT2D eigenvalue weighted by Crippen LogP contribution is 2.20. The van der Waals surface area contributed by atoms with Gasteiger partial charge in [0.25, 0.3) is 0 Å². The zero-order valence-electron chi connectivity index (χ0n) is 11.8. The molecule has 1 aliphatic heterocycles. The predicted octanol–water partition coefficient (Wildman–Crippen LogP) is 0.644. The van der Waals surface area contributed by atoms with E-state index in [2.05, 4.69) is 5.32 Å². The van der Waals surface area contributed by atoms with E-state index in [0.717, 1.165) is 0 Å². The quantitative estimate of drug-likeness (QED) is 0.751. The van der Waals surface area contributed by atoms with Crippen molar-refractivity contribution >= 4 is 11.8 Å². The Kier molecular flexibility index (Phi) is 5.14. The van der Waals surface area contributed by atoms with E-state index in [1.165, 1.54) is 0 Å². The lowest BCUT2D eigenvalue weighted by atomic mass is 9.90. The van der Waals surface area contributed by atoms with Crippen molar-refractivity contribution in [3.8, 4) is 0 Å². The van der Waals surface area contributed by atoms with Crippen LogP contribution in [0.25, 0.3) is 0 Å². The Morgan fingerprint density at radius 1 is 1.28 bits per heavy atom. The Hall–Kier alpha value is -1.10. The van der Waals surface area contributed by atoms with Crippen molar-refractivity contribution in [2.24, 2.45) is 11.3 Å². The molecular formula is C13H24N2O3. The van der Waals surface area contributed by atoms with Gasteiger partial charge in [-0.25, -0.2) is 0 Å². The standard InChI is InChI=1S/C13H24N2O3/c1-10(2)9-14-11(16)13(3,4)12(17)15-5-7-18-8-6-15/h10H,5-9H2,1-4H3,(H,14,16). The van der Waals surface area contributed by atoms with E-state index < -0.39 is 5.41 Å². The van der Waals surface area contributed by atoms with Crippen LogP contribution in [0.5, 0.6) is 0 Å². The smallest absolute Gasteiger partial charge is 0.237 e. The van der Waals surface area contributed by atoms with Crippen molar-refractivity contribution in [1.82, 2.24) is 10.2 Å². The molecule has 104 valence electrons. The Labute approximate surface area is 109 Å². The summed E-state index contributed by atoms with van der Waals surface area (Å²) in [5, 5.41) is 2.82. The van der Waals surface area contributed by atoms with Gasteiger partial charge in [-0.3, -0.25) is 9.59 Å². The molecule has 0 spiro atoms. The summed E-state index contributed by atoms with van der Waals surface area (Å²) >= 11 is 0. The Morgan fingerprint density at radius 3 is 2.33 bits per heavy atom. The maximum atomic E-state index is 12.3. The van der Waals surface area contributed by atoms with Crippen LogP contribution in [-0.4, -0.2) is 49.6 Å². The highest BCUT2D eigenvalue weighted by molar-refractivity contribution is 6.04. The van der Waals surface area contributed by atoms with Crippen molar-refractivity contribution in [2.75, 3.05) is 32.8 Å². The number of hydrogen-bond donors (Lipinski definition) is 1. The van der Waals surface area contributed by atoms with E-state index in [1.807, 2.05) is 13.8 Å². The lowest BCUT2D eigenvalue weighted by Gasteiger charge is -2.33. The van der Waals surface area contributed by atoms with Gasteiger partial charge >= 0.3 is 0 Å². The highest BCUT2D eigenvalue weighted by Gasteiger charge is 2.39. The number of carbonyl (C=O) groups is 2. The zero-order chi connectivity index (χ0) is 13.8. The third-order valence-electron chi connectivity index (χ3n) is 3.07. The first-order valence-electron chi connectivity index (χ1n) is 6.51. The minimum absolute atomic E-state index is 0.118. The Morgan fingerprint density at radius 2 is 1.83 bits per heavy atom. The van der Waals surface area contributed by atoms with Crippen LogP contribution >= 0.6 is 0 Å². The number of ether oxygens (including phenoxy) is 1. The molecule has 1 rings (SSSR count). The van der Waals surface area contributed by atoms with Crippen LogP contribution in [0.1, 0.15) is 27.7 Å². The maximum Gasteiger partial charge on any atom is 0.237 e. The first-order chi connectivity index (χ1) is 8.35. The molecule has 1 N–H and O–H groups in total. The van der Waals surface area contributed by atoms with Gasteiger partial charge in [-0.1, -0.05) is 13.8 Å². The molecule has 2 amide bonds. The summed E-state index contributed by atoms with van der Waals surface area (Å²) in [5.41, 5.74) is -1.01.